The molecule has 2 aliphatic rings. The van der Waals surface area contributed by atoms with Crippen molar-refractivity contribution in [3.05, 3.63) is 12.2 Å². The van der Waals surface area contributed by atoms with Gasteiger partial charge in [0.15, 0.2) is 0 Å². The van der Waals surface area contributed by atoms with Crippen molar-refractivity contribution in [1.29, 1.82) is 0 Å². The quantitative estimate of drug-likeness (QED) is 0.696. The number of hydrogen-bond acceptors (Lipinski definition) is 3. The lowest BCUT2D eigenvalue weighted by Gasteiger charge is -2.28. The molecule has 4 atom stereocenters. The van der Waals surface area contributed by atoms with Crippen molar-refractivity contribution < 1.29 is 14.7 Å². The van der Waals surface area contributed by atoms with Gasteiger partial charge in [0.2, 0.25) is 5.91 Å². The van der Waals surface area contributed by atoms with Crippen molar-refractivity contribution in [2.24, 2.45) is 29.6 Å². The minimum atomic E-state index is -1.09. The number of hydrogen-bond donors (Lipinski definition) is 1. The molecule has 4 nitrogen and oxygen atoms in total. The average molecular weight is 236 g/mol. The molecule has 2 aliphatic carbocycles. The lowest BCUT2D eigenvalue weighted by molar-refractivity contribution is -0.313. The monoisotopic (exact) mass is 236 g/mol. The van der Waals surface area contributed by atoms with Crippen LogP contribution < -0.4 is 10.4 Å². The summed E-state index contributed by atoms with van der Waals surface area (Å²) in [5.41, 5.74) is 0. The van der Waals surface area contributed by atoms with Crippen LogP contribution in [0.25, 0.3) is 0 Å². The highest BCUT2D eigenvalue weighted by atomic mass is 16.4. The summed E-state index contributed by atoms with van der Waals surface area (Å²) in [4.78, 5) is 23.1. The predicted octanol–water partition coefficient (Wildman–Crippen LogP) is -0.0532. The van der Waals surface area contributed by atoms with Crippen molar-refractivity contribution in [1.82, 2.24) is 5.32 Å². The third-order valence-corrected chi connectivity index (χ3v) is 3.72. The molecule has 4 heteroatoms. The largest absolute Gasteiger partial charge is 0.550 e. The summed E-state index contributed by atoms with van der Waals surface area (Å²) in [6.45, 7) is 4.62. The number of nitrogens with one attached hydrogen (secondary N) is 1. The molecule has 1 amide bonds. The molecule has 1 saturated carbocycles. The summed E-state index contributed by atoms with van der Waals surface area (Å²) >= 11 is 0. The Bertz CT molecular complexity index is 362. The van der Waals surface area contributed by atoms with Gasteiger partial charge in [0.05, 0.1) is 5.92 Å². The van der Waals surface area contributed by atoms with Crippen LogP contribution in [0.2, 0.25) is 0 Å². The Morgan fingerprint density at radius 1 is 1.29 bits per heavy atom. The molecule has 0 aromatic heterocycles. The Kier molecular flexibility index (Phi) is 3.22. The van der Waals surface area contributed by atoms with Crippen molar-refractivity contribution >= 4 is 11.9 Å². The number of carbonyl (C=O) groups excluding carboxylic acids is 2. The predicted molar refractivity (Wildman–Crippen MR) is 60.6 cm³/mol. The Morgan fingerprint density at radius 3 is 2.41 bits per heavy atom. The van der Waals surface area contributed by atoms with Crippen molar-refractivity contribution in [2.75, 3.05) is 6.54 Å². The molecule has 17 heavy (non-hydrogen) atoms. The van der Waals surface area contributed by atoms with Crippen molar-refractivity contribution in [2.45, 2.75) is 20.3 Å². The second kappa shape index (κ2) is 4.51. The van der Waals surface area contributed by atoms with Gasteiger partial charge in [-0.15, -0.1) is 0 Å². The number of aliphatic carboxylic acids is 1. The lowest BCUT2D eigenvalue weighted by atomic mass is 9.82. The zero-order chi connectivity index (χ0) is 12.6. The molecule has 0 heterocycles. The van der Waals surface area contributed by atoms with Gasteiger partial charge in [0.1, 0.15) is 0 Å². The summed E-state index contributed by atoms with van der Waals surface area (Å²) in [7, 11) is 0. The number of fused-ring (bicyclic) bond motifs is 2. The van der Waals surface area contributed by atoms with Gasteiger partial charge >= 0.3 is 0 Å². The number of rotatable bonds is 4. The van der Waals surface area contributed by atoms with Gasteiger partial charge in [-0.25, -0.2) is 0 Å². The van der Waals surface area contributed by atoms with E-state index in [4.69, 9.17) is 0 Å². The van der Waals surface area contributed by atoms with Gasteiger partial charge in [-0.3, -0.25) is 4.79 Å². The van der Waals surface area contributed by atoms with Crippen LogP contribution in [0.15, 0.2) is 12.2 Å². The highest BCUT2D eigenvalue weighted by Gasteiger charge is 2.48. The minimum absolute atomic E-state index is 0.0141. The maximum atomic E-state index is 12.0. The summed E-state index contributed by atoms with van der Waals surface area (Å²) < 4.78 is 0. The number of carboxylic acid groups (broad SMARTS) is 1. The molecule has 0 aliphatic heterocycles. The normalized spacial score (nSPS) is 34.3. The van der Waals surface area contributed by atoms with Gasteiger partial charge < -0.3 is 15.2 Å². The van der Waals surface area contributed by atoms with E-state index >= 15 is 0 Å². The third kappa shape index (κ3) is 2.21. The first kappa shape index (κ1) is 12.1. The van der Waals surface area contributed by atoms with E-state index in [-0.39, 0.29) is 17.7 Å². The summed E-state index contributed by atoms with van der Waals surface area (Å²) in [6, 6.07) is 0. The van der Waals surface area contributed by atoms with Gasteiger partial charge in [0, 0.05) is 18.4 Å². The molecule has 0 spiro atoms. The Hall–Kier alpha value is -1.32. The third-order valence-electron chi connectivity index (χ3n) is 3.72. The standard InChI is InChI=1S/C13H19NO3/c1-7(2)6-14-12(15)10-8-3-4-9(5-8)11(10)13(16)17/h3-4,7-11H,5-6H2,1-2H3,(H,14,15)(H,16,17)/p-1/t8-,9+,10-,11+/m1/s1. The molecule has 2 rings (SSSR count). The smallest absolute Gasteiger partial charge is 0.224 e. The van der Waals surface area contributed by atoms with Crippen molar-refractivity contribution in [3.63, 3.8) is 0 Å². The van der Waals surface area contributed by atoms with Crippen LogP contribution in [0.5, 0.6) is 0 Å². The van der Waals surface area contributed by atoms with E-state index in [0.29, 0.717) is 12.5 Å². The molecule has 0 aromatic carbocycles. The number of amides is 1. The molecule has 2 bridgehead atoms. The van der Waals surface area contributed by atoms with E-state index < -0.39 is 17.8 Å². The SMILES string of the molecule is CC(C)CNC(=O)[C@H]1[C@@H](C(=O)[O-])[C@H]2C=C[C@@H]1C2. The zero-order valence-electron chi connectivity index (χ0n) is 10.2. The van der Waals surface area contributed by atoms with Crippen LogP contribution in [-0.2, 0) is 9.59 Å². The van der Waals surface area contributed by atoms with Crippen LogP contribution in [-0.4, -0.2) is 18.4 Å². The van der Waals surface area contributed by atoms with E-state index in [1.54, 1.807) is 0 Å². The van der Waals surface area contributed by atoms with Crippen LogP contribution in [0.3, 0.4) is 0 Å². The molecule has 1 N–H and O–H groups in total. The van der Waals surface area contributed by atoms with Crippen LogP contribution in [0.4, 0.5) is 0 Å². The van der Waals surface area contributed by atoms with Gasteiger partial charge in [-0.05, 0) is 24.2 Å². The summed E-state index contributed by atoms with van der Waals surface area (Å²) in [5.74, 6) is -1.87. The number of carboxylic acids is 1. The number of allylic oxidation sites excluding steroid dienone is 2. The van der Waals surface area contributed by atoms with Crippen LogP contribution in [0.1, 0.15) is 20.3 Å². The summed E-state index contributed by atoms with van der Waals surface area (Å²) in [5, 5.41) is 13.9. The average Bonchev–Trinajstić information content (AvgIpc) is 2.84. The van der Waals surface area contributed by atoms with Crippen molar-refractivity contribution in [3.8, 4) is 0 Å². The van der Waals surface area contributed by atoms with E-state index in [2.05, 4.69) is 5.32 Å². The Morgan fingerprint density at radius 2 is 1.88 bits per heavy atom. The van der Waals surface area contributed by atoms with E-state index in [1.165, 1.54) is 0 Å². The van der Waals surface area contributed by atoms with Gasteiger partial charge in [-0.1, -0.05) is 26.0 Å². The Labute approximate surface area is 101 Å². The van der Waals surface area contributed by atoms with Crippen LogP contribution in [0, 0.1) is 29.6 Å². The lowest BCUT2D eigenvalue weighted by Crippen LogP contribution is -2.45. The second-order valence-electron chi connectivity index (χ2n) is 5.46. The Balaban J connectivity index is 2.06. The van der Waals surface area contributed by atoms with E-state index in [0.717, 1.165) is 6.42 Å². The molecule has 94 valence electrons. The highest BCUT2D eigenvalue weighted by Crippen LogP contribution is 2.47. The minimum Gasteiger partial charge on any atom is -0.550 e. The molecule has 0 radical (unpaired) electrons. The van der Waals surface area contributed by atoms with Gasteiger partial charge in [-0.2, -0.15) is 0 Å². The molecule has 1 fully saturated rings. The van der Waals surface area contributed by atoms with Crippen LogP contribution >= 0.6 is 0 Å². The molecular weight excluding hydrogens is 218 g/mol. The fraction of sp³-hybridized carbons (Fsp3) is 0.692. The zero-order valence-corrected chi connectivity index (χ0v) is 10.2. The van der Waals surface area contributed by atoms with Gasteiger partial charge in [0.25, 0.3) is 0 Å². The fourth-order valence-electron chi connectivity index (χ4n) is 2.92. The summed E-state index contributed by atoms with van der Waals surface area (Å²) in [6.07, 6.45) is 4.67. The molecular formula is C13H18NO3-. The first-order valence-corrected chi connectivity index (χ1v) is 6.17. The molecule has 0 saturated heterocycles. The fourth-order valence-corrected chi connectivity index (χ4v) is 2.92. The maximum Gasteiger partial charge on any atom is 0.224 e. The molecule has 0 unspecified atom stereocenters. The number of carbonyl (C=O) groups is 2. The maximum absolute atomic E-state index is 12.0. The van der Waals surface area contributed by atoms with E-state index in [1.807, 2.05) is 26.0 Å². The first-order chi connectivity index (χ1) is 8.00. The molecule has 0 aromatic rings. The highest BCUT2D eigenvalue weighted by molar-refractivity contribution is 5.86. The first-order valence-electron chi connectivity index (χ1n) is 6.17. The topological polar surface area (TPSA) is 69.2 Å². The van der Waals surface area contributed by atoms with E-state index in [9.17, 15) is 14.7 Å². The second-order valence-corrected chi connectivity index (χ2v) is 5.46.